The Kier molecular flexibility index (Phi) is 3.39. The van der Waals surface area contributed by atoms with Crippen LogP contribution >= 0.6 is 0 Å². The van der Waals surface area contributed by atoms with Crippen LogP contribution in [0.2, 0.25) is 0 Å². The first-order valence-corrected chi connectivity index (χ1v) is 6.89. The molecule has 3 rings (SSSR count). The van der Waals surface area contributed by atoms with E-state index in [1.165, 1.54) is 0 Å². The number of rotatable bonds is 3. The maximum atomic E-state index is 10.7. The summed E-state index contributed by atoms with van der Waals surface area (Å²) < 4.78 is 9.22. The molecule has 0 saturated carbocycles. The number of hydrogen-bond donors (Lipinski definition) is 1. The topological polar surface area (TPSA) is 38.3 Å². The van der Waals surface area contributed by atoms with Gasteiger partial charge in [-0.25, -0.2) is 9.13 Å². The molecule has 0 bridgehead atoms. The van der Waals surface area contributed by atoms with Crippen molar-refractivity contribution in [2.24, 2.45) is 14.1 Å². The molecule has 1 N–H and O–H groups in total. The Balaban J connectivity index is 2.10. The van der Waals surface area contributed by atoms with Gasteiger partial charge >= 0.3 is 0 Å². The van der Waals surface area contributed by atoms with Crippen LogP contribution in [0.5, 0.6) is 5.75 Å². The molecule has 1 aromatic heterocycles. The fraction of sp³-hybridized carbons (Fsp3) is 0.235. The van der Waals surface area contributed by atoms with E-state index in [1.54, 1.807) is 7.11 Å². The maximum absolute atomic E-state index is 10.7. The van der Waals surface area contributed by atoms with Gasteiger partial charge in [-0.1, -0.05) is 24.3 Å². The molecule has 0 aliphatic heterocycles. The number of aliphatic hydroxyl groups is 1. The van der Waals surface area contributed by atoms with Gasteiger partial charge in [-0.3, -0.25) is 0 Å². The minimum atomic E-state index is -0.682. The van der Waals surface area contributed by atoms with Crippen molar-refractivity contribution >= 4 is 11.0 Å². The van der Waals surface area contributed by atoms with Gasteiger partial charge in [0.15, 0.2) is 17.1 Å². The van der Waals surface area contributed by atoms with Gasteiger partial charge in [-0.05, 0) is 29.8 Å². The number of nitrogens with zero attached hydrogens (tertiary/aromatic N) is 2. The zero-order chi connectivity index (χ0) is 15.0. The third-order valence-electron chi connectivity index (χ3n) is 3.97. The molecule has 2 aromatic carbocycles. The lowest BCUT2D eigenvalue weighted by Gasteiger charge is -2.09. The van der Waals surface area contributed by atoms with Gasteiger partial charge in [0.05, 0.1) is 21.2 Å². The summed E-state index contributed by atoms with van der Waals surface area (Å²) in [7, 11) is 5.59. The second-order valence-electron chi connectivity index (χ2n) is 5.14. The lowest BCUT2D eigenvalue weighted by molar-refractivity contribution is -0.657. The molecule has 0 saturated heterocycles. The number of hydrogen-bond acceptors (Lipinski definition) is 2. The van der Waals surface area contributed by atoms with Crippen molar-refractivity contribution < 1.29 is 14.4 Å². The second kappa shape index (κ2) is 5.22. The van der Waals surface area contributed by atoms with E-state index in [0.717, 1.165) is 28.2 Å². The van der Waals surface area contributed by atoms with Crippen molar-refractivity contribution in [3.8, 4) is 5.75 Å². The normalized spacial score (nSPS) is 12.6. The fourth-order valence-electron chi connectivity index (χ4n) is 2.81. The van der Waals surface area contributed by atoms with E-state index >= 15 is 0 Å². The van der Waals surface area contributed by atoms with Gasteiger partial charge in [0.2, 0.25) is 0 Å². The quantitative estimate of drug-likeness (QED) is 0.748. The van der Waals surface area contributed by atoms with Crippen molar-refractivity contribution in [2.75, 3.05) is 7.11 Å². The molecule has 1 heterocycles. The Morgan fingerprint density at radius 1 is 1.10 bits per heavy atom. The molecule has 1 unspecified atom stereocenters. The average molecular weight is 283 g/mol. The monoisotopic (exact) mass is 283 g/mol. The Labute approximate surface area is 123 Å². The standard InChI is InChI=1S/C17H19N2O2/c1-18-14-6-4-5-7-15(14)19(2)17(18)16(20)12-8-10-13(21-3)11-9-12/h4-11,16,20H,1-3H3/q+1. The highest BCUT2D eigenvalue weighted by molar-refractivity contribution is 5.72. The van der Waals surface area contributed by atoms with Crippen LogP contribution in [0.4, 0.5) is 0 Å². The van der Waals surface area contributed by atoms with Gasteiger partial charge in [-0.2, -0.15) is 0 Å². The highest BCUT2D eigenvalue weighted by Gasteiger charge is 2.27. The lowest BCUT2D eigenvalue weighted by atomic mass is 10.1. The maximum Gasteiger partial charge on any atom is 0.291 e. The molecule has 4 heteroatoms. The highest BCUT2D eigenvalue weighted by Crippen LogP contribution is 2.24. The van der Waals surface area contributed by atoms with Crippen LogP contribution in [0, 0.1) is 0 Å². The van der Waals surface area contributed by atoms with Gasteiger partial charge in [0.1, 0.15) is 5.75 Å². The van der Waals surface area contributed by atoms with Gasteiger partial charge in [0, 0.05) is 0 Å². The number of methoxy groups -OCH3 is 1. The summed E-state index contributed by atoms with van der Waals surface area (Å²) in [4.78, 5) is 0. The molecule has 1 atom stereocenters. The van der Waals surface area contributed by atoms with Crippen LogP contribution in [0.3, 0.4) is 0 Å². The van der Waals surface area contributed by atoms with E-state index < -0.39 is 6.10 Å². The molecule has 0 spiro atoms. The van der Waals surface area contributed by atoms with E-state index in [9.17, 15) is 5.11 Å². The number of para-hydroxylation sites is 2. The largest absolute Gasteiger partial charge is 0.497 e. The van der Waals surface area contributed by atoms with Crippen LogP contribution in [-0.4, -0.2) is 16.8 Å². The Bertz CT molecular complexity index is 736. The molecule has 0 fully saturated rings. The predicted octanol–water partition coefficient (Wildman–Crippen LogP) is 2.09. The van der Waals surface area contributed by atoms with Gasteiger partial charge in [0.25, 0.3) is 5.82 Å². The van der Waals surface area contributed by atoms with Crippen LogP contribution in [0.1, 0.15) is 17.5 Å². The SMILES string of the molecule is COc1ccc(C(O)c2n(C)c3ccccc3[n+]2C)cc1. The number of ether oxygens (including phenoxy) is 1. The number of aryl methyl sites for hydroxylation is 2. The molecule has 108 valence electrons. The van der Waals surface area contributed by atoms with Crippen molar-refractivity contribution in [3.63, 3.8) is 0 Å². The molecular weight excluding hydrogens is 264 g/mol. The van der Waals surface area contributed by atoms with E-state index in [2.05, 4.69) is 12.1 Å². The summed E-state index contributed by atoms with van der Waals surface area (Å²) in [6, 6.07) is 15.6. The number of benzene rings is 2. The van der Waals surface area contributed by atoms with Crippen molar-refractivity contribution in [2.45, 2.75) is 6.10 Å². The number of fused-ring (bicyclic) bond motifs is 1. The first-order chi connectivity index (χ1) is 10.1. The first kappa shape index (κ1) is 13.6. The Morgan fingerprint density at radius 2 is 1.76 bits per heavy atom. The number of aliphatic hydroxyl groups excluding tert-OH is 1. The zero-order valence-corrected chi connectivity index (χ0v) is 12.4. The van der Waals surface area contributed by atoms with Gasteiger partial charge in [-0.15, -0.1) is 0 Å². The smallest absolute Gasteiger partial charge is 0.291 e. The van der Waals surface area contributed by atoms with Crippen molar-refractivity contribution in [3.05, 3.63) is 59.9 Å². The summed E-state index contributed by atoms with van der Waals surface area (Å²) in [6.45, 7) is 0. The van der Waals surface area contributed by atoms with Crippen molar-refractivity contribution in [1.29, 1.82) is 0 Å². The summed E-state index contributed by atoms with van der Waals surface area (Å²) in [5.41, 5.74) is 3.04. The number of imidazole rings is 1. The van der Waals surface area contributed by atoms with E-state index in [4.69, 9.17) is 4.74 Å². The average Bonchev–Trinajstić information content (AvgIpc) is 2.79. The third kappa shape index (κ3) is 2.17. The minimum Gasteiger partial charge on any atom is -0.497 e. The molecule has 0 amide bonds. The molecular formula is C17H19N2O2+. The zero-order valence-electron chi connectivity index (χ0n) is 12.4. The van der Waals surface area contributed by atoms with E-state index in [-0.39, 0.29) is 0 Å². The van der Waals surface area contributed by atoms with Crippen LogP contribution < -0.4 is 9.30 Å². The highest BCUT2D eigenvalue weighted by atomic mass is 16.5. The van der Waals surface area contributed by atoms with E-state index in [0.29, 0.717) is 0 Å². The fourth-order valence-corrected chi connectivity index (χ4v) is 2.81. The second-order valence-corrected chi connectivity index (χ2v) is 5.14. The Morgan fingerprint density at radius 3 is 2.38 bits per heavy atom. The van der Waals surface area contributed by atoms with E-state index in [1.807, 2.05) is 59.6 Å². The summed E-state index contributed by atoms with van der Waals surface area (Å²) >= 11 is 0. The minimum absolute atomic E-state index is 0.682. The first-order valence-electron chi connectivity index (χ1n) is 6.89. The predicted molar refractivity (Wildman–Crippen MR) is 81.2 cm³/mol. The van der Waals surface area contributed by atoms with Crippen LogP contribution in [-0.2, 0) is 14.1 Å². The molecule has 0 aliphatic rings. The molecule has 0 radical (unpaired) electrons. The molecule has 3 aromatic rings. The van der Waals surface area contributed by atoms with Gasteiger partial charge < -0.3 is 9.84 Å². The van der Waals surface area contributed by atoms with Crippen LogP contribution in [0.15, 0.2) is 48.5 Å². The lowest BCUT2D eigenvalue weighted by Crippen LogP contribution is -2.35. The molecule has 0 aliphatic carbocycles. The third-order valence-corrected chi connectivity index (χ3v) is 3.97. The van der Waals surface area contributed by atoms with Crippen molar-refractivity contribution in [1.82, 2.24) is 4.57 Å². The molecule has 4 nitrogen and oxygen atoms in total. The van der Waals surface area contributed by atoms with Crippen LogP contribution in [0.25, 0.3) is 11.0 Å². The molecule has 21 heavy (non-hydrogen) atoms. The Hall–Kier alpha value is -2.33. The summed E-state index contributed by atoms with van der Waals surface area (Å²) in [5, 5.41) is 10.7. The summed E-state index contributed by atoms with van der Waals surface area (Å²) in [6.07, 6.45) is -0.682. The summed E-state index contributed by atoms with van der Waals surface area (Å²) in [5.74, 6) is 1.63. The number of aromatic nitrogens is 2.